The maximum atomic E-state index is 13.9. The summed E-state index contributed by atoms with van der Waals surface area (Å²) < 4.78 is 46.1. The van der Waals surface area contributed by atoms with E-state index in [0.717, 1.165) is 69.4 Å². The number of hydrogen-bond acceptors (Lipinski definition) is 5. The zero-order valence-corrected chi connectivity index (χ0v) is 33.2. The Hall–Kier alpha value is -2.68. The van der Waals surface area contributed by atoms with Crippen LogP contribution in [0.4, 0.5) is 13.2 Å². The summed E-state index contributed by atoms with van der Waals surface area (Å²) in [6.45, 7) is 18.0. The zero-order valence-electron chi connectivity index (χ0n) is 33.2. The van der Waals surface area contributed by atoms with E-state index >= 15 is 0 Å². The number of carboxylic acids is 1. The third kappa shape index (κ3) is 6.92. The second kappa shape index (κ2) is 13.8. The molecule has 1 aromatic rings. The van der Waals surface area contributed by atoms with E-state index in [1.165, 1.54) is 17.7 Å². The molecule has 2 N–H and O–H groups in total. The van der Waals surface area contributed by atoms with E-state index < -0.39 is 29.1 Å². The number of allylic oxidation sites excluding steroid dienone is 2. The van der Waals surface area contributed by atoms with Crippen LogP contribution in [0.5, 0.6) is 0 Å². The van der Waals surface area contributed by atoms with Gasteiger partial charge >= 0.3 is 18.1 Å². The summed E-state index contributed by atoms with van der Waals surface area (Å²) in [4.78, 5) is 38.6. The number of ketones is 1. The molecule has 6 nitrogen and oxygen atoms in total. The van der Waals surface area contributed by atoms with Crippen molar-refractivity contribution in [3.63, 3.8) is 0 Å². The van der Waals surface area contributed by atoms with Crippen molar-refractivity contribution in [2.75, 3.05) is 6.54 Å². The smallest absolute Gasteiger partial charge is 0.416 e. The Labute approximate surface area is 314 Å². The second-order valence-electron chi connectivity index (χ2n) is 19.7. The van der Waals surface area contributed by atoms with Gasteiger partial charge in [-0.15, -0.1) is 0 Å². The lowest BCUT2D eigenvalue weighted by atomic mass is 9.36. The Morgan fingerprint density at radius 1 is 0.962 bits per heavy atom. The summed E-state index contributed by atoms with van der Waals surface area (Å²) in [7, 11) is 0. The predicted octanol–water partition coefficient (Wildman–Crippen LogP) is 10.2. The van der Waals surface area contributed by atoms with Gasteiger partial charge in [-0.3, -0.25) is 14.4 Å². The first-order valence-corrected chi connectivity index (χ1v) is 20.1. The Morgan fingerprint density at radius 3 is 2.32 bits per heavy atom. The average molecular weight is 742 g/mol. The van der Waals surface area contributed by atoms with Crippen molar-refractivity contribution in [3.05, 3.63) is 46.5 Å². The van der Waals surface area contributed by atoms with Crippen LogP contribution in [0.25, 0.3) is 0 Å². The molecule has 9 heteroatoms. The van der Waals surface area contributed by atoms with E-state index in [0.29, 0.717) is 48.7 Å². The molecule has 4 fully saturated rings. The van der Waals surface area contributed by atoms with Gasteiger partial charge in [0.05, 0.1) is 17.4 Å². The molecule has 6 rings (SSSR count). The largest absolute Gasteiger partial charge is 0.481 e. The number of carbonyl (C=O) groups is 3. The molecule has 0 aromatic heterocycles. The van der Waals surface area contributed by atoms with Crippen molar-refractivity contribution < 1.29 is 37.4 Å². The highest BCUT2D eigenvalue weighted by atomic mass is 19.4. The average Bonchev–Trinajstić information content (AvgIpc) is 3.36. The Balaban J connectivity index is 1.19. The van der Waals surface area contributed by atoms with Gasteiger partial charge in [0.25, 0.3) is 0 Å². The fourth-order valence-corrected chi connectivity index (χ4v) is 13.0. The van der Waals surface area contributed by atoms with Crippen LogP contribution >= 0.6 is 0 Å². The molecule has 5 aliphatic carbocycles. The van der Waals surface area contributed by atoms with Gasteiger partial charge in [0.1, 0.15) is 6.10 Å². The van der Waals surface area contributed by atoms with Gasteiger partial charge in [-0.05, 0) is 136 Å². The number of alkyl halides is 3. The lowest BCUT2D eigenvalue weighted by Gasteiger charge is -2.69. The fourth-order valence-electron chi connectivity index (χ4n) is 13.0. The van der Waals surface area contributed by atoms with E-state index in [1.54, 1.807) is 19.9 Å². The number of rotatable bonds is 10. The highest BCUT2D eigenvalue weighted by Crippen LogP contribution is 2.73. The minimum absolute atomic E-state index is 0.0767. The highest BCUT2D eigenvalue weighted by Gasteiger charge is 2.66. The number of hydrogen-bond donors (Lipinski definition) is 2. The van der Waals surface area contributed by atoms with Crippen molar-refractivity contribution >= 4 is 17.7 Å². The van der Waals surface area contributed by atoms with Crippen LogP contribution in [-0.4, -0.2) is 35.5 Å². The van der Waals surface area contributed by atoms with Gasteiger partial charge < -0.3 is 15.2 Å². The summed E-state index contributed by atoms with van der Waals surface area (Å²) in [5.41, 5.74) is 1.02. The van der Waals surface area contributed by atoms with E-state index in [2.05, 4.69) is 46.9 Å². The van der Waals surface area contributed by atoms with Crippen molar-refractivity contribution in [2.24, 2.45) is 56.7 Å². The fraction of sp³-hybridized carbons (Fsp3) is 0.750. The summed E-state index contributed by atoms with van der Waals surface area (Å²) in [5.74, 6) is 0.726. The summed E-state index contributed by atoms with van der Waals surface area (Å²) in [6.07, 6.45) is 4.69. The molecule has 0 saturated heterocycles. The molecule has 0 radical (unpaired) electrons. The number of benzene rings is 1. The molecule has 294 valence electrons. The number of fused-ring (bicyclic) bond motifs is 7. The lowest BCUT2D eigenvalue weighted by Crippen LogP contribution is -2.63. The van der Waals surface area contributed by atoms with Crippen LogP contribution in [0.3, 0.4) is 0 Å². The third-order valence-corrected chi connectivity index (χ3v) is 15.5. The number of Topliss-reactive ketones (excluding diaryl/α,β-unsaturated/α-hetero) is 1. The number of aliphatic carboxylic acids is 1. The molecular formula is C44H62F3NO5. The Bertz CT molecular complexity index is 1640. The van der Waals surface area contributed by atoms with Gasteiger partial charge in [-0.2, -0.15) is 13.2 Å². The second-order valence-corrected chi connectivity index (χ2v) is 19.7. The number of halogens is 3. The number of nitrogens with one attached hydrogen (secondary N) is 1. The molecule has 0 heterocycles. The highest BCUT2D eigenvalue weighted by molar-refractivity contribution is 6.00. The van der Waals surface area contributed by atoms with Crippen molar-refractivity contribution in [1.82, 2.24) is 5.32 Å². The molecule has 0 spiro atoms. The van der Waals surface area contributed by atoms with Crippen LogP contribution in [0.2, 0.25) is 0 Å². The molecule has 0 bridgehead atoms. The van der Waals surface area contributed by atoms with Crippen molar-refractivity contribution in [3.8, 4) is 0 Å². The van der Waals surface area contributed by atoms with E-state index in [9.17, 15) is 32.7 Å². The molecule has 53 heavy (non-hydrogen) atoms. The predicted molar refractivity (Wildman–Crippen MR) is 198 cm³/mol. The first-order valence-electron chi connectivity index (χ1n) is 20.1. The summed E-state index contributed by atoms with van der Waals surface area (Å²) in [5, 5.41) is 13.0. The molecule has 4 saturated carbocycles. The van der Waals surface area contributed by atoms with Crippen LogP contribution in [0.15, 0.2) is 35.4 Å². The number of carboxylic acid groups (broad SMARTS) is 1. The van der Waals surface area contributed by atoms with Gasteiger partial charge in [-0.1, -0.05) is 65.3 Å². The van der Waals surface area contributed by atoms with E-state index in [4.69, 9.17) is 4.74 Å². The van der Waals surface area contributed by atoms with Crippen molar-refractivity contribution in [2.45, 2.75) is 145 Å². The summed E-state index contributed by atoms with van der Waals surface area (Å²) in [6, 6.07) is 5.51. The van der Waals surface area contributed by atoms with Crippen molar-refractivity contribution in [1.29, 1.82) is 0 Å². The standard InChI is InChI=1S/C44H62F3NO5/c1-26(2)36-31(49)23-43(20-21-48-25-27-10-9-11-28(22-27)44(45,46)47)19-14-30-29(37(36)43)12-13-33-41(30,7)17-15-32-40(5,6)34(16-18-42(32,33)8)53-35(50)24-39(3,4)38(51)52/h9-11,22,26,29-30,32-34,48H,12-21,23-25H2,1-8H3,(H,51,52). The molecule has 8 unspecified atom stereocenters. The number of carbonyl (C=O) groups excluding carboxylic acids is 2. The maximum absolute atomic E-state index is 13.9. The van der Waals surface area contributed by atoms with Gasteiger partial charge in [-0.25, -0.2) is 0 Å². The van der Waals surface area contributed by atoms with Crippen LogP contribution < -0.4 is 5.32 Å². The van der Waals surface area contributed by atoms with E-state index in [-0.39, 0.29) is 45.9 Å². The van der Waals surface area contributed by atoms with E-state index in [1.807, 2.05) is 0 Å². The van der Waals surface area contributed by atoms with Crippen LogP contribution in [-0.2, 0) is 31.8 Å². The SMILES string of the molecule is CC(C)C1=C2C3CCC4C(C)(CCC5C(C)(C)C(OC(=O)CC(C)(C)C(=O)O)CCC54C)C3CCC2(CCNCc2cccc(C(F)(F)F)c2)CC1=O. The first-order chi connectivity index (χ1) is 24.6. The molecule has 0 aliphatic heterocycles. The molecule has 8 atom stereocenters. The molecule has 1 aromatic carbocycles. The first kappa shape index (κ1) is 40.0. The minimum Gasteiger partial charge on any atom is -0.481 e. The zero-order chi connectivity index (χ0) is 38.9. The number of esters is 1. The monoisotopic (exact) mass is 741 g/mol. The van der Waals surface area contributed by atoms with Gasteiger partial charge in [0, 0.05) is 23.8 Å². The normalized spacial score (nSPS) is 35.3. The van der Waals surface area contributed by atoms with Crippen LogP contribution in [0, 0.1) is 56.7 Å². The van der Waals surface area contributed by atoms with Gasteiger partial charge in [0.2, 0.25) is 0 Å². The summed E-state index contributed by atoms with van der Waals surface area (Å²) >= 11 is 0. The maximum Gasteiger partial charge on any atom is 0.416 e. The Morgan fingerprint density at radius 2 is 1.66 bits per heavy atom. The minimum atomic E-state index is -4.37. The number of ether oxygens (including phenoxy) is 1. The molecule has 0 amide bonds. The molecule has 5 aliphatic rings. The molecular weight excluding hydrogens is 679 g/mol. The quantitative estimate of drug-likeness (QED) is 0.183. The lowest BCUT2D eigenvalue weighted by molar-refractivity contribution is -0.213. The van der Waals surface area contributed by atoms with Crippen LogP contribution in [0.1, 0.15) is 137 Å². The third-order valence-electron chi connectivity index (χ3n) is 15.5. The van der Waals surface area contributed by atoms with Gasteiger partial charge in [0.15, 0.2) is 5.78 Å². The topological polar surface area (TPSA) is 92.7 Å². The Kier molecular flexibility index (Phi) is 10.4.